The van der Waals surface area contributed by atoms with Crippen molar-refractivity contribution in [3.05, 3.63) is 36.0 Å². The predicted molar refractivity (Wildman–Crippen MR) is 94.6 cm³/mol. The van der Waals surface area contributed by atoms with Gasteiger partial charge < -0.3 is 15.6 Å². The van der Waals surface area contributed by atoms with Gasteiger partial charge in [0.1, 0.15) is 0 Å². The van der Waals surface area contributed by atoms with Gasteiger partial charge in [-0.1, -0.05) is 38.0 Å². The SMILES string of the molecule is C[C@@H]1CCCC[C@H]1NC(=O)C(=O)NCCc1c[nH]c2ccccc12. The van der Waals surface area contributed by atoms with Crippen molar-refractivity contribution in [3.8, 4) is 0 Å². The van der Waals surface area contributed by atoms with Crippen LogP contribution >= 0.6 is 0 Å². The average Bonchev–Trinajstić information content (AvgIpc) is 3.00. The summed E-state index contributed by atoms with van der Waals surface area (Å²) in [7, 11) is 0. The lowest BCUT2D eigenvalue weighted by Gasteiger charge is -2.29. The van der Waals surface area contributed by atoms with Gasteiger partial charge in [-0.25, -0.2) is 0 Å². The van der Waals surface area contributed by atoms with Crippen LogP contribution in [0.4, 0.5) is 0 Å². The zero-order valence-electron chi connectivity index (χ0n) is 14.1. The van der Waals surface area contributed by atoms with Crippen molar-refractivity contribution in [3.63, 3.8) is 0 Å². The van der Waals surface area contributed by atoms with E-state index in [1.165, 1.54) is 6.42 Å². The van der Waals surface area contributed by atoms with E-state index >= 15 is 0 Å². The Morgan fingerprint density at radius 3 is 2.79 bits per heavy atom. The number of benzene rings is 1. The standard InChI is InChI=1S/C19H25N3O2/c1-13-6-2-4-8-16(13)22-19(24)18(23)20-11-10-14-12-21-17-9-5-3-7-15(14)17/h3,5,7,9,12-13,16,21H,2,4,6,8,10-11H2,1H3,(H,20,23)(H,22,24)/t13-,16-/m1/s1. The fourth-order valence-corrected chi connectivity index (χ4v) is 3.49. The van der Waals surface area contributed by atoms with Crippen LogP contribution in [0.1, 0.15) is 38.2 Å². The van der Waals surface area contributed by atoms with E-state index in [1.54, 1.807) is 0 Å². The van der Waals surface area contributed by atoms with Gasteiger partial charge in [0, 0.05) is 29.7 Å². The predicted octanol–water partition coefficient (Wildman–Crippen LogP) is 2.52. The molecule has 2 amide bonds. The van der Waals surface area contributed by atoms with E-state index in [2.05, 4.69) is 28.6 Å². The maximum atomic E-state index is 12.0. The summed E-state index contributed by atoms with van der Waals surface area (Å²) in [5, 5.41) is 6.77. The van der Waals surface area contributed by atoms with Gasteiger partial charge in [0.15, 0.2) is 0 Å². The quantitative estimate of drug-likeness (QED) is 0.755. The van der Waals surface area contributed by atoms with Crippen molar-refractivity contribution in [2.45, 2.75) is 45.1 Å². The summed E-state index contributed by atoms with van der Waals surface area (Å²) < 4.78 is 0. The normalized spacial score (nSPS) is 20.7. The third-order valence-corrected chi connectivity index (χ3v) is 4.99. The number of hydrogen-bond acceptors (Lipinski definition) is 2. The molecule has 5 heteroatoms. The lowest BCUT2D eigenvalue weighted by molar-refractivity contribution is -0.139. The Morgan fingerprint density at radius 1 is 1.17 bits per heavy atom. The Labute approximate surface area is 142 Å². The first kappa shape index (κ1) is 16.6. The smallest absolute Gasteiger partial charge is 0.309 e. The maximum absolute atomic E-state index is 12.0. The van der Waals surface area contributed by atoms with Gasteiger partial charge in [-0.2, -0.15) is 0 Å². The topological polar surface area (TPSA) is 74.0 Å². The molecular formula is C19H25N3O2. The highest BCUT2D eigenvalue weighted by Gasteiger charge is 2.25. The van der Waals surface area contributed by atoms with E-state index in [0.29, 0.717) is 18.9 Å². The van der Waals surface area contributed by atoms with Crippen LogP contribution in [0.3, 0.4) is 0 Å². The summed E-state index contributed by atoms with van der Waals surface area (Å²) in [6.07, 6.45) is 7.08. The molecule has 1 aromatic heterocycles. The molecule has 0 radical (unpaired) electrons. The number of hydrogen-bond donors (Lipinski definition) is 3. The van der Waals surface area contributed by atoms with E-state index in [-0.39, 0.29) is 6.04 Å². The first-order valence-corrected chi connectivity index (χ1v) is 8.79. The highest BCUT2D eigenvalue weighted by atomic mass is 16.2. The summed E-state index contributed by atoms with van der Waals surface area (Å²) in [5.41, 5.74) is 2.23. The number of para-hydroxylation sites is 1. The number of aromatic amines is 1. The molecule has 3 N–H and O–H groups in total. The Morgan fingerprint density at radius 2 is 1.96 bits per heavy atom. The first-order valence-electron chi connectivity index (χ1n) is 8.79. The second-order valence-electron chi connectivity index (χ2n) is 6.71. The molecule has 1 aromatic carbocycles. The lowest BCUT2D eigenvalue weighted by Crippen LogP contribution is -2.48. The van der Waals surface area contributed by atoms with Crippen LogP contribution in [0.15, 0.2) is 30.5 Å². The van der Waals surface area contributed by atoms with Gasteiger partial charge in [-0.15, -0.1) is 0 Å². The van der Waals surface area contributed by atoms with Gasteiger partial charge in [-0.3, -0.25) is 9.59 Å². The second kappa shape index (κ2) is 7.51. The van der Waals surface area contributed by atoms with Crippen molar-refractivity contribution in [2.24, 2.45) is 5.92 Å². The third kappa shape index (κ3) is 3.78. The lowest BCUT2D eigenvalue weighted by atomic mass is 9.86. The molecule has 0 spiro atoms. The fourth-order valence-electron chi connectivity index (χ4n) is 3.49. The Bertz CT molecular complexity index is 722. The van der Waals surface area contributed by atoms with Crippen LogP contribution in [0.5, 0.6) is 0 Å². The van der Waals surface area contributed by atoms with Crippen molar-refractivity contribution >= 4 is 22.7 Å². The van der Waals surface area contributed by atoms with Gasteiger partial charge in [0.05, 0.1) is 0 Å². The van der Waals surface area contributed by atoms with Crippen LogP contribution < -0.4 is 10.6 Å². The second-order valence-corrected chi connectivity index (χ2v) is 6.71. The highest BCUT2D eigenvalue weighted by Crippen LogP contribution is 2.23. The van der Waals surface area contributed by atoms with Crippen molar-refractivity contribution in [1.29, 1.82) is 0 Å². The Balaban J connectivity index is 1.47. The summed E-state index contributed by atoms with van der Waals surface area (Å²) in [4.78, 5) is 27.2. The first-order chi connectivity index (χ1) is 11.6. The molecule has 1 saturated carbocycles. The number of rotatable bonds is 4. The number of carbonyl (C=O) groups is 2. The number of nitrogens with one attached hydrogen (secondary N) is 3. The molecule has 24 heavy (non-hydrogen) atoms. The molecule has 2 atom stereocenters. The molecule has 1 heterocycles. The number of carbonyl (C=O) groups excluding carboxylic acids is 2. The third-order valence-electron chi connectivity index (χ3n) is 4.99. The minimum atomic E-state index is -0.535. The highest BCUT2D eigenvalue weighted by molar-refractivity contribution is 6.35. The number of aromatic nitrogens is 1. The van der Waals surface area contributed by atoms with E-state index < -0.39 is 11.8 Å². The van der Waals surface area contributed by atoms with Crippen LogP contribution in [0.25, 0.3) is 10.9 Å². The van der Waals surface area contributed by atoms with Crippen LogP contribution in [0.2, 0.25) is 0 Å². The zero-order chi connectivity index (χ0) is 16.9. The summed E-state index contributed by atoms with van der Waals surface area (Å²) >= 11 is 0. The van der Waals surface area contributed by atoms with Crippen molar-refractivity contribution in [1.82, 2.24) is 15.6 Å². The maximum Gasteiger partial charge on any atom is 0.309 e. The molecule has 0 aliphatic heterocycles. The molecule has 1 aliphatic rings. The van der Waals surface area contributed by atoms with E-state index in [4.69, 9.17) is 0 Å². The van der Waals surface area contributed by atoms with Crippen LogP contribution in [-0.4, -0.2) is 29.4 Å². The minimum absolute atomic E-state index is 0.130. The molecule has 0 bridgehead atoms. The zero-order valence-corrected chi connectivity index (χ0v) is 14.1. The molecule has 0 saturated heterocycles. The van der Waals surface area contributed by atoms with Gasteiger partial charge in [-0.05, 0) is 36.8 Å². The van der Waals surface area contributed by atoms with Gasteiger partial charge >= 0.3 is 11.8 Å². The van der Waals surface area contributed by atoms with Gasteiger partial charge in [0.25, 0.3) is 0 Å². The van der Waals surface area contributed by atoms with E-state index in [1.807, 2.05) is 24.4 Å². The monoisotopic (exact) mass is 327 g/mol. The van der Waals surface area contributed by atoms with Crippen molar-refractivity contribution in [2.75, 3.05) is 6.54 Å². The minimum Gasteiger partial charge on any atom is -0.361 e. The van der Waals surface area contributed by atoms with Crippen LogP contribution in [0, 0.1) is 5.92 Å². The fraction of sp³-hybridized carbons (Fsp3) is 0.474. The Hall–Kier alpha value is -2.30. The molecule has 2 aromatic rings. The van der Waals surface area contributed by atoms with E-state index in [9.17, 15) is 9.59 Å². The van der Waals surface area contributed by atoms with E-state index in [0.717, 1.165) is 35.7 Å². The molecular weight excluding hydrogens is 302 g/mol. The molecule has 1 fully saturated rings. The molecule has 128 valence electrons. The van der Waals surface area contributed by atoms with Crippen molar-refractivity contribution < 1.29 is 9.59 Å². The number of amides is 2. The molecule has 3 rings (SSSR count). The molecule has 5 nitrogen and oxygen atoms in total. The largest absolute Gasteiger partial charge is 0.361 e. The van der Waals surface area contributed by atoms with Crippen LogP contribution in [-0.2, 0) is 16.0 Å². The summed E-state index contributed by atoms with van der Waals surface area (Å²) in [5.74, 6) is -0.595. The molecule has 1 aliphatic carbocycles. The Kier molecular flexibility index (Phi) is 5.18. The molecule has 0 unspecified atom stereocenters. The summed E-state index contributed by atoms with van der Waals surface area (Å²) in [6.45, 7) is 2.59. The van der Waals surface area contributed by atoms with Gasteiger partial charge in [0.2, 0.25) is 0 Å². The number of H-pyrrole nitrogens is 1. The number of fused-ring (bicyclic) bond motifs is 1. The summed E-state index contributed by atoms with van der Waals surface area (Å²) in [6, 6.07) is 8.19. The average molecular weight is 327 g/mol.